The second-order valence-electron chi connectivity index (χ2n) is 4.74. The summed E-state index contributed by atoms with van der Waals surface area (Å²) >= 11 is 5.65. The number of rotatable bonds is 6. The molecule has 0 unspecified atom stereocenters. The molecule has 0 aromatic heterocycles. The maximum atomic E-state index is 13.7. The van der Waals surface area contributed by atoms with Crippen LogP contribution in [0.2, 0.25) is 5.02 Å². The van der Waals surface area contributed by atoms with Gasteiger partial charge in [-0.3, -0.25) is 4.79 Å². The van der Waals surface area contributed by atoms with Crippen molar-refractivity contribution in [1.29, 1.82) is 0 Å². The lowest BCUT2D eigenvalue weighted by atomic mass is 10.2. The number of sulfonamides is 1. The molecule has 0 aliphatic carbocycles. The molecule has 0 spiro atoms. The van der Waals surface area contributed by atoms with Crippen molar-refractivity contribution in [2.24, 2.45) is 0 Å². The Morgan fingerprint density at radius 3 is 2.46 bits per heavy atom. The molecule has 0 fully saturated rings. The molecular formula is C16H14ClFN2O3S. The molecule has 8 heteroatoms. The Hall–Kier alpha value is -2.22. The molecule has 2 aromatic rings. The van der Waals surface area contributed by atoms with E-state index >= 15 is 0 Å². The highest BCUT2D eigenvalue weighted by molar-refractivity contribution is 7.89. The zero-order valence-electron chi connectivity index (χ0n) is 12.4. The number of carbonyl (C=O) groups is 1. The molecule has 0 atom stereocenters. The highest BCUT2D eigenvalue weighted by Crippen LogP contribution is 2.20. The minimum Gasteiger partial charge on any atom is -0.319 e. The van der Waals surface area contributed by atoms with Gasteiger partial charge < -0.3 is 5.32 Å². The number of anilines is 1. The Kier molecular flexibility index (Phi) is 5.71. The Morgan fingerprint density at radius 1 is 1.21 bits per heavy atom. The highest BCUT2D eigenvalue weighted by atomic mass is 35.5. The fourth-order valence-electron chi connectivity index (χ4n) is 1.82. The van der Waals surface area contributed by atoms with Crippen LogP contribution in [0, 0.1) is 5.82 Å². The summed E-state index contributed by atoms with van der Waals surface area (Å²) in [5, 5.41) is 2.61. The fraction of sp³-hybridized carbons (Fsp3) is 0.0625. The molecule has 126 valence electrons. The number of hydrogen-bond donors (Lipinski definition) is 2. The van der Waals surface area contributed by atoms with Gasteiger partial charge in [-0.15, -0.1) is 6.58 Å². The number of nitrogens with one attached hydrogen (secondary N) is 2. The van der Waals surface area contributed by atoms with E-state index in [9.17, 15) is 17.6 Å². The van der Waals surface area contributed by atoms with Gasteiger partial charge in [0.05, 0.1) is 10.6 Å². The van der Waals surface area contributed by atoms with Crippen LogP contribution >= 0.6 is 11.6 Å². The van der Waals surface area contributed by atoms with Crippen LogP contribution in [0.4, 0.5) is 10.1 Å². The maximum absolute atomic E-state index is 13.7. The lowest BCUT2D eigenvalue weighted by Crippen LogP contribution is -2.23. The molecule has 2 N–H and O–H groups in total. The van der Waals surface area contributed by atoms with Crippen LogP contribution in [-0.4, -0.2) is 20.9 Å². The van der Waals surface area contributed by atoms with Gasteiger partial charge >= 0.3 is 0 Å². The van der Waals surface area contributed by atoms with Gasteiger partial charge in [0.2, 0.25) is 10.0 Å². The molecule has 1 amide bonds. The number of benzene rings is 2. The smallest absolute Gasteiger partial charge is 0.255 e. The first-order valence-electron chi connectivity index (χ1n) is 6.80. The van der Waals surface area contributed by atoms with Gasteiger partial charge in [-0.05, 0) is 42.5 Å². The molecule has 0 aliphatic rings. The van der Waals surface area contributed by atoms with Crippen LogP contribution < -0.4 is 10.0 Å². The summed E-state index contributed by atoms with van der Waals surface area (Å²) in [7, 11) is -3.66. The van der Waals surface area contributed by atoms with Gasteiger partial charge in [0.15, 0.2) is 0 Å². The highest BCUT2D eigenvalue weighted by Gasteiger charge is 2.14. The number of hydrogen-bond acceptors (Lipinski definition) is 3. The zero-order chi connectivity index (χ0) is 17.7. The summed E-state index contributed by atoms with van der Waals surface area (Å²) < 4.78 is 39.8. The van der Waals surface area contributed by atoms with Gasteiger partial charge in [-0.2, -0.15) is 0 Å². The predicted molar refractivity (Wildman–Crippen MR) is 91.2 cm³/mol. The first-order valence-corrected chi connectivity index (χ1v) is 8.66. The molecule has 0 radical (unpaired) electrons. The lowest BCUT2D eigenvalue weighted by molar-refractivity contribution is 0.102. The topological polar surface area (TPSA) is 75.3 Å². The van der Waals surface area contributed by atoms with Crippen LogP contribution in [-0.2, 0) is 10.0 Å². The molecule has 2 aromatic carbocycles. The van der Waals surface area contributed by atoms with Crippen molar-refractivity contribution < 1.29 is 17.6 Å². The van der Waals surface area contributed by atoms with Crippen molar-refractivity contribution in [2.75, 3.05) is 11.9 Å². The van der Waals surface area contributed by atoms with Crippen molar-refractivity contribution >= 4 is 33.2 Å². The first kappa shape index (κ1) is 18.1. The van der Waals surface area contributed by atoms with E-state index in [2.05, 4.69) is 16.6 Å². The molecule has 24 heavy (non-hydrogen) atoms. The van der Waals surface area contributed by atoms with Gasteiger partial charge in [-0.25, -0.2) is 17.5 Å². The maximum Gasteiger partial charge on any atom is 0.255 e. The van der Waals surface area contributed by atoms with Crippen LogP contribution in [0.15, 0.2) is 60.0 Å². The monoisotopic (exact) mass is 368 g/mol. The van der Waals surface area contributed by atoms with E-state index in [0.29, 0.717) is 0 Å². The van der Waals surface area contributed by atoms with E-state index in [-0.39, 0.29) is 27.7 Å². The third kappa shape index (κ3) is 4.41. The Morgan fingerprint density at radius 2 is 1.88 bits per heavy atom. The molecule has 5 nitrogen and oxygen atoms in total. The molecule has 0 saturated heterocycles. The lowest BCUT2D eigenvalue weighted by Gasteiger charge is -2.08. The molecule has 0 aliphatic heterocycles. The number of amides is 1. The van der Waals surface area contributed by atoms with Crippen molar-refractivity contribution in [3.05, 3.63) is 71.5 Å². The summed E-state index contributed by atoms with van der Waals surface area (Å²) in [6.07, 6.45) is 1.42. The van der Waals surface area contributed by atoms with Gasteiger partial charge in [0, 0.05) is 17.1 Å². The van der Waals surface area contributed by atoms with Crippen molar-refractivity contribution in [2.45, 2.75) is 4.90 Å². The van der Waals surface area contributed by atoms with Crippen molar-refractivity contribution in [3.63, 3.8) is 0 Å². The Bertz CT molecular complexity index is 867. The van der Waals surface area contributed by atoms with Crippen molar-refractivity contribution in [1.82, 2.24) is 4.72 Å². The summed E-state index contributed by atoms with van der Waals surface area (Å²) in [6.45, 7) is 3.53. The number of carbonyl (C=O) groups excluding carboxylic acids is 1. The molecule has 0 saturated carbocycles. The van der Waals surface area contributed by atoms with E-state index in [1.54, 1.807) is 0 Å². The third-order valence-electron chi connectivity index (χ3n) is 3.02. The molecular weight excluding hydrogens is 355 g/mol. The second kappa shape index (κ2) is 7.57. The zero-order valence-corrected chi connectivity index (χ0v) is 14.0. The molecule has 2 rings (SSSR count). The third-order valence-corrected chi connectivity index (χ3v) is 4.70. The van der Waals surface area contributed by atoms with Crippen LogP contribution in [0.3, 0.4) is 0 Å². The number of halogens is 2. The van der Waals surface area contributed by atoms with Gasteiger partial charge in [0.1, 0.15) is 5.82 Å². The van der Waals surface area contributed by atoms with Crippen LogP contribution in [0.5, 0.6) is 0 Å². The fourth-order valence-corrected chi connectivity index (χ4v) is 2.98. The summed E-state index contributed by atoms with van der Waals surface area (Å²) in [5.74, 6) is -1.23. The van der Waals surface area contributed by atoms with Gasteiger partial charge in [0.25, 0.3) is 5.91 Å². The van der Waals surface area contributed by atoms with E-state index in [0.717, 1.165) is 6.07 Å². The SMILES string of the molecule is C=CCNS(=O)(=O)c1ccc(C(=O)Nc2ccc(Cl)cc2F)cc1. The molecule has 0 bridgehead atoms. The quantitative estimate of drug-likeness (QED) is 0.769. The minimum absolute atomic E-state index is 0.0126. The van der Waals surface area contributed by atoms with E-state index in [1.807, 2.05) is 0 Å². The van der Waals surface area contributed by atoms with Crippen molar-refractivity contribution in [3.8, 4) is 0 Å². The Labute approximate surface area is 144 Å². The van der Waals surface area contributed by atoms with E-state index in [4.69, 9.17) is 11.6 Å². The van der Waals surface area contributed by atoms with E-state index in [1.165, 1.54) is 42.5 Å². The average Bonchev–Trinajstić information content (AvgIpc) is 2.55. The first-order chi connectivity index (χ1) is 11.3. The standard InChI is InChI=1S/C16H14ClFN2O3S/c1-2-9-19-24(22,23)13-6-3-11(4-7-13)16(21)20-15-8-5-12(17)10-14(15)18/h2-8,10,19H,1,9H2,(H,20,21). The molecule has 0 heterocycles. The van der Waals surface area contributed by atoms with E-state index < -0.39 is 21.7 Å². The second-order valence-corrected chi connectivity index (χ2v) is 6.95. The average molecular weight is 369 g/mol. The van der Waals surface area contributed by atoms with Crippen LogP contribution in [0.1, 0.15) is 10.4 Å². The predicted octanol–water partition coefficient (Wildman–Crippen LogP) is 3.20. The Balaban J connectivity index is 2.15. The van der Waals surface area contributed by atoms with Crippen LogP contribution in [0.25, 0.3) is 0 Å². The largest absolute Gasteiger partial charge is 0.319 e. The summed E-state index contributed by atoms with van der Waals surface area (Å²) in [5.41, 5.74) is 0.167. The van der Waals surface area contributed by atoms with Gasteiger partial charge in [-0.1, -0.05) is 17.7 Å². The summed E-state index contributed by atoms with van der Waals surface area (Å²) in [6, 6.07) is 9.13. The normalized spacial score (nSPS) is 11.1. The summed E-state index contributed by atoms with van der Waals surface area (Å²) in [4.78, 5) is 12.1. The minimum atomic E-state index is -3.66.